The fourth-order valence-corrected chi connectivity index (χ4v) is 2.62. The van der Waals surface area contributed by atoms with Crippen molar-refractivity contribution in [2.45, 2.75) is 12.8 Å². The van der Waals surface area contributed by atoms with Crippen LogP contribution in [-0.2, 0) is 14.4 Å². The van der Waals surface area contributed by atoms with Gasteiger partial charge in [0, 0.05) is 42.0 Å². The molecule has 2 aromatic carbocycles. The van der Waals surface area contributed by atoms with Gasteiger partial charge in [-0.1, -0.05) is 0 Å². The van der Waals surface area contributed by atoms with Crippen LogP contribution in [0.5, 0.6) is 0 Å². The van der Waals surface area contributed by atoms with Gasteiger partial charge in [0.1, 0.15) is 5.84 Å². The van der Waals surface area contributed by atoms with Gasteiger partial charge in [-0.15, -0.1) is 0 Å². The van der Waals surface area contributed by atoms with Crippen LogP contribution in [0.2, 0.25) is 0 Å². The quantitative estimate of drug-likeness (QED) is 0.233. The fraction of sp³-hybridized carbons (Fsp3) is 0.200. The number of hydrogen-bond acceptors (Lipinski definition) is 5. The van der Waals surface area contributed by atoms with Crippen molar-refractivity contribution in [2.75, 3.05) is 28.7 Å². The molecule has 6 N–H and O–H groups in total. The van der Waals surface area contributed by atoms with Crippen LogP contribution in [0.25, 0.3) is 0 Å². The van der Waals surface area contributed by atoms with Crippen LogP contribution in [0.1, 0.15) is 18.4 Å². The molecule has 0 bridgehead atoms. The number of nitrogens with zero attached hydrogens (tertiary/aromatic N) is 1. The minimum absolute atomic E-state index is 0.0278. The van der Waals surface area contributed by atoms with Gasteiger partial charge in [0.25, 0.3) is 0 Å². The number of hydrogen-bond donors (Lipinski definition) is 5. The van der Waals surface area contributed by atoms with Crippen LogP contribution in [0.3, 0.4) is 0 Å². The number of rotatable bonds is 10. The highest BCUT2D eigenvalue weighted by molar-refractivity contribution is 5.99. The van der Waals surface area contributed by atoms with Gasteiger partial charge < -0.3 is 26.4 Å². The summed E-state index contributed by atoms with van der Waals surface area (Å²) in [5, 5.41) is 21.8. The molecule has 0 saturated carbocycles. The molecule has 0 aromatic heterocycles. The summed E-state index contributed by atoms with van der Waals surface area (Å²) in [4.78, 5) is 36.5. The number of anilines is 3. The molecule has 152 valence electrons. The lowest BCUT2D eigenvalue weighted by Gasteiger charge is -2.22. The Balaban J connectivity index is 1.94. The molecule has 0 radical (unpaired) electrons. The van der Waals surface area contributed by atoms with Gasteiger partial charge in [-0.05, 0) is 48.5 Å². The van der Waals surface area contributed by atoms with Crippen LogP contribution in [0.15, 0.2) is 48.5 Å². The zero-order valence-corrected chi connectivity index (χ0v) is 15.7. The van der Waals surface area contributed by atoms with Crippen molar-refractivity contribution >= 4 is 41.1 Å². The van der Waals surface area contributed by atoms with E-state index in [4.69, 9.17) is 11.1 Å². The minimum atomic E-state index is -0.330. The van der Waals surface area contributed by atoms with E-state index in [2.05, 4.69) is 10.6 Å². The van der Waals surface area contributed by atoms with Crippen molar-refractivity contribution in [2.24, 2.45) is 5.73 Å². The number of nitrogen functional groups attached to an aromatic ring is 1. The molecule has 2 aromatic rings. The van der Waals surface area contributed by atoms with Crippen LogP contribution in [0, 0.1) is 5.41 Å². The zero-order chi connectivity index (χ0) is 21.2. The number of nitrogens with two attached hydrogens (primary N) is 1. The molecule has 0 atom stereocenters. The van der Waals surface area contributed by atoms with Crippen molar-refractivity contribution in [3.63, 3.8) is 0 Å². The second-order valence-corrected chi connectivity index (χ2v) is 6.12. The summed E-state index contributed by atoms with van der Waals surface area (Å²) in [6.07, 6.45) is 0.490. The molecular weight excluding hydrogens is 374 g/mol. The lowest BCUT2D eigenvalue weighted by molar-refractivity contribution is -0.122. The predicted molar refractivity (Wildman–Crippen MR) is 111 cm³/mol. The summed E-state index contributed by atoms with van der Waals surface area (Å²) in [7, 11) is 0. The van der Waals surface area contributed by atoms with E-state index in [1.165, 1.54) is 4.90 Å². The lowest BCUT2D eigenvalue weighted by Crippen LogP contribution is -2.34. The molecule has 0 fully saturated rings. The molecule has 3 amide bonds. The number of aliphatic hydroxyl groups excluding tert-OH is 1. The average Bonchev–Trinajstić information content (AvgIpc) is 2.71. The molecule has 29 heavy (non-hydrogen) atoms. The van der Waals surface area contributed by atoms with Gasteiger partial charge in [0.2, 0.25) is 18.2 Å². The highest BCUT2D eigenvalue weighted by Gasteiger charge is 2.17. The Morgan fingerprint density at radius 3 is 2.21 bits per heavy atom. The summed E-state index contributed by atoms with van der Waals surface area (Å²) in [6.45, 7) is -0.137. The first kappa shape index (κ1) is 21.6. The molecule has 0 spiro atoms. The zero-order valence-electron chi connectivity index (χ0n) is 15.7. The summed E-state index contributed by atoms with van der Waals surface area (Å²) in [5.74, 6) is -0.701. The number of carbonyl (C=O) groups is 3. The van der Waals surface area contributed by atoms with E-state index in [1.807, 2.05) is 0 Å². The average molecular weight is 397 g/mol. The van der Waals surface area contributed by atoms with Crippen LogP contribution in [0.4, 0.5) is 17.1 Å². The number of amides is 3. The fourth-order valence-electron chi connectivity index (χ4n) is 2.62. The summed E-state index contributed by atoms with van der Waals surface area (Å²) in [5.41, 5.74) is 7.61. The van der Waals surface area contributed by atoms with Crippen molar-refractivity contribution in [1.29, 1.82) is 5.41 Å². The van der Waals surface area contributed by atoms with E-state index >= 15 is 0 Å². The second kappa shape index (κ2) is 10.6. The van der Waals surface area contributed by atoms with E-state index in [0.29, 0.717) is 29.0 Å². The number of carbonyl (C=O) groups excluding carboxylic acids is 3. The van der Waals surface area contributed by atoms with Gasteiger partial charge >= 0.3 is 0 Å². The van der Waals surface area contributed by atoms with Crippen molar-refractivity contribution in [3.05, 3.63) is 54.1 Å². The first-order chi connectivity index (χ1) is 13.9. The van der Waals surface area contributed by atoms with Gasteiger partial charge in [-0.2, -0.15) is 0 Å². The highest BCUT2D eigenvalue weighted by Crippen LogP contribution is 2.19. The maximum Gasteiger partial charge on any atom is 0.227 e. The van der Waals surface area contributed by atoms with Gasteiger partial charge in [-0.25, -0.2) is 0 Å². The Morgan fingerprint density at radius 2 is 1.66 bits per heavy atom. The van der Waals surface area contributed by atoms with E-state index in [-0.39, 0.29) is 43.6 Å². The molecule has 0 saturated heterocycles. The minimum Gasteiger partial charge on any atom is -0.395 e. The Morgan fingerprint density at radius 1 is 1.03 bits per heavy atom. The monoisotopic (exact) mass is 397 g/mol. The van der Waals surface area contributed by atoms with Crippen molar-refractivity contribution in [3.8, 4) is 0 Å². The van der Waals surface area contributed by atoms with Gasteiger partial charge in [0.15, 0.2) is 0 Å². The van der Waals surface area contributed by atoms with E-state index in [9.17, 15) is 19.5 Å². The highest BCUT2D eigenvalue weighted by atomic mass is 16.3. The van der Waals surface area contributed by atoms with Crippen LogP contribution < -0.4 is 21.3 Å². The molecular formula is C20H23N5O4. The van der Waals surface area contributed by atoms with Crippen LogP contribution in [-0.4, -0.2) is 42.3 Å². The normalized spacial score (nSPS) is 10.1. The Bertz CT molecular complexity index is 865. The third kappa shape index (κ3) is 6.43. The number of nitrogens with one attached hydrogen (secondary N) is 3. The van der Waals surface area contributed by atoms with Crippen molar-refractivity contribution < 1.29 is 19.5 Å². The summed E-state index contributed by atoms with van der Waals surface area (Å²) in [6, 6.07) is 13.1. The summed E-state index contributed by atoms with van der Waals surface area (Å²) >= 11 is 0. The number of benzene rings is 2. The molecule has 9 heteroatoms. The van der Waals surface area contributed by atoms with Crippen molar-refractivity contribution in [1.82, 2.24) is 0 Å². The molecule has 0 unspecified atom stereocenters. The van der Waals surface area contributed by atoms with E-state index < -0.39 is 0 Å². The Hall–Kier alpha value is -3.72. The third-order valence-electron chi connectivity index (χ3n) is 4.07. The smallest absolute Gasteiger partial charge is 0.227 e. The topological polar surface area (TPSA) is 149 Å². The Labute approximate surface area is 168 Å². The maximum absolute atomic E-state index is 12.5. The van der Waals surface area contributed by atoms with Gasteiger partial charge in [-0.3, -0.25) is 19.8 Å². The summed E-state index contributed by atoms with van der Waals surface area (Å²) < 4.78 is 0. The molecule has 2 rings (SSSR count). The molecule has 0 aliphatic carbocycles. The maximum atomic E-state index is 12.5. The standard InChI is InChI=1S/C20H23N5O4/c21-20(22)14-1-3-16(4-2-14)24-18(28)9-10-19(29)25(11-12-26)17-7-5-15(6-8-17)23-13-27/h1-8,13,26H,9-12H2,(H3,21,22)(H,23,27)(H,24,28). The first-order valence-electron chi connectivity index (χ1n) is 8.90. The number of aliphatic hydroxyl groups is 1. The molecule has 0 aliphatic rings. The van der Waals surface area contributed by atoms with E-state index in [1.54, 1.807) is 48.5 Å². The second-order valence-electron chi connectivity index (χ2n) is 6.12. The largest absolute Gasteiger partial charge is 0.395 e. The number of amidine groups is 1. The van der Waals surface area contributed by atoms with Gasteiger partial charge in [0.05, 0.1) is 6.61 Å². The van der Waals surface area contributed by atoms with Crippen LogP contribution >= 0.6 is 0 Å². The third-order valence-corrected chi connectivity index (χ3v) is 4.07. The van der Waals surface area contributed by atoms with E-state index in [0.717, 1.165) is 0 Å². The Kier molecular flexibility index (Phi) is 7.87. The molecule has 0 heterocycles. The predicted octanol–water partition coefficient (Wildman–Crippen LogP) is 1.28. The SMILES string of the molecule is N=C(N)c1ccc(NC(=O)CCC(=O)N(CCO)c2ccc(NC=O)cc2)cc1. The first-order valence-corrected chi connectivity index (χ1v) is 8.90. The lowest BCUT2D eigenvalue weighted by atomic mass is 10.2. The molecule has 9 nitrogen and oxygen atoms in total. The molecule has 0 aliphatic heterocycles.